The first-order valence-electron chi connectivity index (χ1n) is 6.69. The monoisotopic (exact) mass is 241 g/mol. The molecule has 1 rings (SSSR count). The first-order chi connectivity index (χ1) is 8.04. The van der Waals surface area contributed by atoms with Crippen molar-refractivity contribution in [2.45, 2.75) is 45.6 Å². The molecule has 0 aromatic carbocycles. The molecular formula is C13H27N3O. The van der Waals surface area contributed by atoms with Crippen LogP contribution in [0.5, 0.6) is 0 Å². The zero-order chi connectivity index (χ0) is 12.9. The van der Waals surface area contributed by atoms with E-state index in [1.165, 1.54) is 19.3 Å². The van der Waals surface area contributed by atoms with Gasteiger partial charge in [-0.05, 0) is 31.3 Å². The molecule has 1 heterocycles. The van der Waals surface area contributed by atoms with E-state index in [2.05, 4.69) is 24.1 Å². The quantitative estimate of drug-likeness (QED) is 0.754. The minimum Gasteiger partial charge on any atom is -0.359 e. The van der Waals surface area contributed by atoms with E-state index in [1.54, 1.807) is 7.05 Å². The average molecular weight is 241 g/mol. The van der Waals surface area contributed by atoms with Crippen molar-refractivity contribution >= 4 is 5.91 Å². The summed E-state index contributed by atoms with van der Waals surface area (Å²) in [6.07, 6.45) is 4.20. The molecule has 1 fully saturated rings. The van der Waals surface area contributed by atoms with Gasteiger partial charge in [0.2, 0.25) is 5.91 Å². The Morgan fingerprint density at radius 1 is 1.47 bits per heavy atom. The van der Waals surface area contributed by atoms with Gasteiger partial charge in [0.25, 0.3) is 0 Å². The second-order valence-electron chi connectivity index (χ2n) is 5.47. The molecule has 1 saturated heterocycles. The van der Waals surface area contributed by atoms with Crippen molar-refractivity contribution in [3.8, 4) is 0 Å². The van der Waals surface area contributed by atoms with Gasteiger partial charge in [0.1, 0.15) is 0 Å². The van der Waals surface area contributed by atoms with Crippen LogP contribution in [0.4, 0.5) is 0 Å². The molecule has 1 amide bonds. The van der Waals surface area contributed by atoms with Crippen LogP contribution in [0.25, 0.3) is 0 Å². The van der Waals surface area contributed by atoms with Crippen molar-refractivity contribution < 1.29 is 4.79 Å². The standard InChI is InChI=1S/C13H27N3O/c1-4-13(2)5-7-16(8-6-13)11(10-14)9-12(17)15-3/h11H,4-10,14H2,1-3H3,(H,15,17). The lowest BCUT2D eigenvalue weighted by Crippen LogP contribution is -2.48. The van der Waals surface area contributed by atoms with Crippen LogP contribution >= 0.6 is 0 Å². The summed E-state index contributed by atoms with van der Waals surface area (Å²) in [5.74, 6) is 0.0873. The van der Waals surface area contributed by atoms with Crippen LogP contribution in [0.2, 0.25) is 0 Å². The highest BCUT2D eigenvalue weighted by molar-refractivity contribution is 5.76. The van der Waals surface area contributed by atoms with Gasteiger partial charge in [-0.2, -0.15) is 0 Å². The molecule has 0 saturated carbocycles. The number of hydrogen-bond donors (Lipinski definition) is 2. The molecule has 1 atom stereocenters. The second kappa shape index (κ2) is 6.36. The number of amides is 1. The van der Waals surface area contributed by atoms with E-state index in [4.69, 9.17) is 5.73 Å². The van der Waals surface area contributed by atoms with Crippen molar-refractivity contribution in [2.75, 3.05) is 26.7 Å². The fraction of sp³-hybridized carbons (Fsp3) is 0.923. The molecule has 1 aliphatic rings. The number of rotatable bonds is 5. The van der Waals surface area contributed by atoms with E-state index in [1.807, 2.05) is 0 Å². The first kappa shape index (κ1) is 14.5. The maximum absolute atomic E-state index is 11.4. The topological polar surface area (TPSA) is 58.4 Å². The van der Waals surface area contributed by atoms with E-state index in [9.17, 15) is 4.79 Å². The third kappa shape index (κ3) is 3.96. The van der Waals surface area contributed by atoms with Crippen LogP contribution in [0, 0.1) is 5.41 Å². The molecule has 1 unspecified atom stereocenters. The third-order valence-corrected chi connectivity index (χ3v) is 4.35. The summed E-state index contributed by atoms with van der Waals surface area (Å²) in [4.78, 5) is 13.8. The molecule has 0 spiro atoms. The number of carbonyl (C=O) groups excluding carboxylic acids is 1. The molecule has 0 aromatic heterocycles. The molecule has 0 bridgehead atoms. The second-order valence-corrected chi connectivity index (χ2v) is 5.47. The van der Waals surface area contributed by atoms with Crippen LogP contribution < -0.4 is 11.1 Å². The SMILES string of the molecule is CCC1(C)CCN(C(CN)CC(=O)NC)CC1. The lowest BCUT2D eigenvalue weighted by molar-refractivity contribution is -0.122. The van der Waals surface area contributed by atoms with E-state index in [-0.39, 0.29) is 11.9 Å². The van der Waals surface area contributed by atoms with Gasteiger partial charge in [-0.15, -0.1) is 0 Å². The first-order valence-corrected chi connectivity index (χ1v) is 6.69. The molecule has 0 aromatic rings. The molecule has 100 valence electrons. The normalized spacial score (nSPS) is 22.1. The van der Waals surface area contributed by atoms with E-state index in [0.29, 0.717) is 18.4 Å². The summed E-state index contributed by atoms with van der Waals surface area (Å²) < 4.78 is 0. The number of piperidine rings is 1. The molecule has 0 aliphatic carbocycles. The lowest BCUT2D eigenvalue weighted by atomic mass is 9.78. The average Bonchev–Trinajstić information content (AvgIpc) is 2.37. The summed E-state index contributed by atoms with van der Waals surface area (Å²) >= 11 is 0. The third-order valence-electron chi connectivity index (χ3n) is 4.35. The van der Waals surface area contributed by atoms with Gasteiger partial charge >= 0.3 is 0 Å². The van der Waals surface area contributed by atoms with Gasteiger partial charge in [0.05, 0.1) is 0 Å². The van der Waals surface area contributed by atoms with Crippen LogP contribution in [0.1, 0.15) is 39.5 Å². The summed E-state index contributed by atoms with van der Waals surface area (Å²) in [6, 6.07) is 0.205. The molecule has 4 nitrogen and oxygen atoms in total. The van der Waals surface area contributed by atoms with Crippen LogP contribution in [0.3, 0.4) is 0 Å². The zero-order valence-electron chi connectivity index (χ0n) is 11.5. The number of hydrogen-bond acceptors (Lipinski definition) is 3. The number of nitrogens with two attached hydrogens (primary N) is 1. The Morgan fingerprint density at radius 2 is 2.06 bits per heavy atom. The maximum atomic E-state index is 11.4. The van der Waals surface area contributed by atoms with Gasteiger partial charge in [0.15, 0.2) is 0 Å². The van der Waals surface area contributed by atoms with E-state index >= 15 is 0 Å². The smallest absolute Gasteiger partial charge is 0.221 e. The Hall–Kier alpha value is -0.610. The van der Waals surface area contributed by atoms with Crippen molar-refractivity contribution in [3.05, 3.63) is 0 Å². The predicted molar refractivity (Wildman–Crippen MR) is 70.7 cm³/mol. The summed E-state index contributed by atoms with van der Waals surface area (Å²) in [5, 5.41) is 2.68. The fourth-order valence-electron chi connectivity index (χ4n) is 2.46. The maximum Gasteiger partial charge on any atom is 0.221 e. The van der Waals surface area contributed by atoms with Crippen LogP contribution in [-0.2, 0) is 4.79 Å². The molecule has 17 heavy (non-hydrogen) atoms. The molecule has 1 aliphatic heterocycles. The Labute approximate surface area is 105 Å². The lowest BCUT2D eigenvalue weighted by Gasteiger charge is -2.42. The van der Waals surface area contributed by atoms with Gasteiger partial charge in [-0.3, -0.25) is 9.69 Å². The Balaban J connectivity index is 2.47. The highest BCUT2D eigenvalue weighted by Crippen LogP contribution is 2.34. The van der Waals surface area contributed by atoms with Crippen molar-refractivity contribution in [1.82, 2.24) is 10.2 Å². The predicted octanol–water partition coefficient (Wildman–Crippen LogP) is 0.962. The van der Waals surface area contributed by atoms with Gasteiger partial charge in [-0.1, -0.05) is 20.3 Å². The van der Waals surface area contributed by atoms with Crippen molar-refractivity contribution in [2.24, 2.45) is 11.1 Å². The fourth-order valence-corrected chi connectivity index (χ4v) is 2.46. The molecular weight excluding hydrogens is 214 g/mol. The molecule has 0 radical (unpaired) electrons. The number of nitrogens with zero attached hydrogens (tertiary/aromatic N) is 1. The summed E-state index contributed by atoms with van der Waals surface area (Å²) in [7, 11) is 1.68. The van der Waals surface area contributed by atoms with Gasteiger partial charge in [-0.25, -0.2) is 0 Å². The summed E-state index contributed by atoms with van der Waals surface area (Å²) in [5.41, 5.74) is 6.27. The van der Waals surface area contributed by atoms with Crippen molar-refractivity contribution in [1.29, 1.82) is 0 Å². The number of carbonyl (C=O) groups is 1. The minimum absolute atomic E-state index is 0.0873. The minimum atomic E-state index is 0.0873. The van der Waals surface area contributed by atoms with Crippen LogP contribution in [0.15, 0.2) is 0 Å². The van der Waals surface area contributed by atoms with Crippen molar-refractivity contribution in [3.63, 3.8) is 0 Å². The number of likely N-dealkylation sites (tertiary alicyclic amines) is 1. The highest BCUT2D eigenvalue weighted by Gasteiger charge is 2.31. The highest BCUT2D eigenvalue weighted by atomic mass is 16.1. The Bertz CT molecular complexity index is 247. The largest absolute Gasteiger partial charge is 0.359 e. The van der Waals surface area contributed by atoms with E-state index < -0.39 is 0 Å². The summed E-state index contributed by atoms with van der Waals surface area (Å²) in [6.45, 7) is 7.34. The molecule has 4 heteroatoms. The van der Waals surface area contributed by atoms with Gasteiger partial charge < -0.3 is 11.1 Å². The van der Waals surface area contributed by atoms with E-state index in [0.717, 1.165) is 13.1 Å². The zero-order valence-corrected chi connectivity index (χ0v) is 11.5. The Kier molecular flexibility index (Phi) is 5.40. The molecule has 3 N–H and O–H groups in total. The van der Waals surface area contributed by atoms with Crippen LogP contribution in [-0.4, -0.2) is 43.5 Å². The van der Waals surface area contributed by atoms with Gasteiger partial charge in [0, 0.05) is 26.1 Å². The number of nitrogens with one attached hydrogen (secondary N) is 1. The Morgan fingerprint density at radius 3 is 2.47 bits per heavy atom.